The van der Waals surface area contributed by atoms with Gasteiger partial charge in [0.05, 0.1) is 19.1 Å². The summed E-state index contributed by atoms with van der Waals surface area (Å²) in [5.74, 6) is -1.57. The second-order valence-corrected chi connectivity index (χ2v) is 6.77. The highest BCUT2D eigenvalue weighted by molar-refractivity contribution is 5.76. The first-order valence-electron chi connectivity index (χ1n) is 9.25. The molecule has 2 aromatic rings. The predicted molar refractivity (Wildman–Crippen MR) is 95.6 cm³/mol. The number of methoxy groups -OCH3 is 1. The first-order valence-corrected chi connectivity index (χ1v) is 9.25. The Kier molecular flexibility index (Phi) is 6.86. The molecule has 1 atom stereocenters. The highest BCUT2D eigenvalue weighted by Crippen LogP contribution is 2.29. The molecule has 1 aromatic carbocycles. The van der Waals surface area contributed by atoms with Crippen LogP contribution in [0.3, 0.4) is 0 Å². The molecule has 1 amide bonds. The molecule has 29 heavy (non-hydrogen) atoms. The van der Waals surface area contributed by atoms with E-state index in [9.17, 15) is 18.0 Å². The molecule has 0 aliphatic carbocycles. The van der Waals surface area contributed by atoms with E-state index in [1.165, 1.54) is 0 Å². The van der Waals surface area contributed by atoms with Crippen LogP contribution in [0.4, 0.5) is 13.2 Å². The van der Waals surface area contributed by atoms with Crippen LogP contribution in [-0.2, 0) is 27.0 Å². The van der Waals surface area contributed by atoms with Gasteiger partial charge in [-0.3, -0.25) is 4.79 Å². The number of aromatic nitrogens is 2. The summed E-state index contributed by atoms with van der Waals surface area (Å²) in [6, 6.07) is 6.66. The summed E-state index contributed by atoms with van der Waals surface area (Å²) in [4.78, 5) is 17.6. The maximum absolute atomic E-state index is 12.6. The topological polar surface area (TPSA) is 77.7 Å². The maximum atomic E-state index is 12.6. The van der Waals surface area contributed by atoms with Gasteiger partial charge in [0.1, 0.15) is 0 Å². The fraction of sp³-hybridized carbons (Fsp3) is 0.526. The number of rotatable bonds is 8. The molecule has 0 saturated carbocycles. The fourth-order valence-electron chi connectivity index (χ4n) is 3.07. The van der Waals surface area contributed by atoms with E-state index < -0.39 is 12.1 Å². The van der Waals surface area contributed by atoms with Crippen molar-refractivity contribution in [1.29, 1.82) is 0 Å². The molecule has 0 radical (unpaired) electrons. The molecule has 1 unspecified atom stereocenters. The average Bonchev–Trinajstić information content (AvgIpc) is 3.38. The Morgan fingerprint density at radius 3 is 2.66 bits per heavy atom. The SMILES string of the molecule is COCCC(=O)N(Cc1ccc(-c2noc(C(F)(F)F)n2)cc1)CC1CCCO1. The Morgan fingerprint density at radius 2 is 2.07 bits per heavy atom. The van der Waals surface area contributed by atoms with Crippen molar-refractivity contribution in [3.63, 3.8) is 0 Å². The Bertz CT molecular complexity index is 802. The molecule has 7 nitrogen and oxygen atoms in total. The van der Waals surface area contributed by atoms with Crippen molar-refractivity contribution in [3.8, 4) is 11.4 Å². The number of hydrogen-bond donors (Lipinski definition) is 0. The van der Waals surface area contributed by atoms with E-state index in [1.54, 1.807) is 36.3 Å². The fourth-order valence-corrected chi connectivity index (χ4v) is 3.07. The molecule has 0 bridgehead atoms. The van der Waals surface area contributed by atoms with Crippen molar-refractivity contribution in [3.05, 3.63) is 35.7 Å². The molecule has 0 N–H and O–H groups in total. The van der Waals surface area contributed by atoms with E-state index in [2.05, 4.69) is 14.7 Å². The van der Waals surface area contributed by atoms with Crippen LogP contribution in [0.2, 0.25) is 0 Å². The predicted octanol–water partition coefficient (Wildman–Crippen LogP) is 3.30. The zero-order chi connectivity index (χ0) is 20.9. The standard InChI is InChI=1S/C19H22F3N3O4/c1-27-10-8-16(26)25(12-15-3-2-9-28-15)11-13-4-6-14(7-5-13)17-23-18(29-24-17)19(20,21)22/h4-7,15H,2-3,8-12H2,1H3. The van der Waals surface area contributed by atoms with Crippen molar-refractivity contribution < 1.29 is 32.0 Å². The molecular formula is C19H22F3N3O4. The molecule has 1 saturated heterocycles. The van der Waals surface area contributed by atoms with Gasteiger partial charge in [-0.25, -0.2) is 0 Å². The van der Waals surface area contributed by atoms with E-state index in [0.717, 1.165) is 18.4 Å². The third-order valence-corrected chi connectivity index (χ3v) is 4.57. The first kappa shape index (κ1) is 21.3. The minimum Gasteiger partial charge on any atom is -0.384 e. The largest absolute Gasteiger partial charge is 0.471 e. The van der Waals surface area contributed by atoms with Gasteiger partial charge in [0, 0.05) is 32.4 Å². The van der Waals surface area contributed by atoms with E-state index in [4.69, 9.17) is 9.47 Å². The number of benzene rings is 1. The molecular weight excluding hydrogens is 391 g/mol. The van der Waals surface area contributed by atoms with E-state index in [-0.39, 0.29) is 24.3 Å². The summed E-state index contributed by atoms with van der Waals surface area (Å²) in [5, 5.41) is 3.37. The van der Waals surface area contributed by atoms with Gasteiger partial charge in [-0.15, -0.1) is 0 Å². The number of alkyl halides is 3. The summed E-state index contributed by atoms with van der Waals surface area (Å²) in [6.07, 6.45) is -2.52. The van der Waals surface area contributed by atoms with Gasteiger partial charge >= 0.3 is 12.1 Å². The van der Waals surface area contributed by atoms with Crippen LogP contribution >= 0.6 is 0 Å². The lowest BCUT2D eigenvalue weighted by atomic mass is 10.1. The van der Waals surface area contributed by atoms with Crippen molar-refractivity contribution in [1.82, 2.24) is 15.0 Å². The molecule has 1 aromatic heterocycles. The lowest BCUT2D eigenvalue weighted by Gasteiger charge is -2.25. The van der Waals surface area contributed by atoms with Crippen LogP contribution in [0.25, 0.3) is 11.4 Å². The lowest BCUT2D eigenvalue weighted by Crippen LogP contribution is -2.37. The van der Waals surface area contributed by atoms with Crippen molar-refractivity contribution >= 4 is 5.91 Å². The third kappa shape index (κ3) is 5.77. The van der Waals surface area contributed by atoms with Gasteiger partial charge in [-0.05, 0) is 18.4 Å². The number of halogens is 3. The second-order valence-electron chi connectivity index (χ2n) is 6.77. The van der Waals surface area contributed by atoms with Crippen LogP contribution < -0.4 is 0 Å². The molecule has 10 heteroatoms. The molecule has 3 rings (SSSR count). The van der Waals surface area contributed by atoms with Gasteiger partial charge in [0.2, 0.25) is 11.7 Å². The van der Waals surface area contributed by atoms with E-state index in [1.807, 2.05) is 0 Å². The van der Waals surface area contributed by atoms with Gasteiger partial charge in [0.15, 0.2) is 0 Å². The van der Waals surface area contributed by atoms with Crippen LogP contribution in [0.1, 0.15) is 30.7 Å². The van der Waals surface area contributed by atoms with Crippen molar-refractivity contribution in [2.45, 2.75) is 38.1 Å². The van der Waals surface area contributed by atoms with Gasteiger partial charge in [-0.2, -0.15) is 18.2 Å². The maximum Gasteiger partial charge on any atom is 0.471 e. The number of carbonyl (C=O) groups is 1. The highest BCUT2D eigenvalue weighted by atomic mass is 19.4. The molecule has 1 fully saturated rings. The molecule has 0 spiro atoms. The number of ether oxygens (including phenoxy) is 2. The molecule has 158 valence electrons. The smallest absolute Gasteiger partial charge is 0.384 e. The van der Waals surface area contributed by atoms with E-state index >= 15 is 0 Å². The second kappa shape index (κ2) is 9.36. The zero-order valence-corrected chi connectivity index (χ0v) is 15.9. The van der Waals surface area contributed by atoms with Gasteiger partial charge < -0.3 is 18.9 Å². The highest BCUT2D eigenvalue weighted by Gasteiger charge is 2.38. The Labute approximate surface area is 165 Å². The lowest BCUT2D eigenvalue weighted by molar-refractivity contribution is -0.159. The average molecular weight is 413 g/mol. The number of amides is 1. The minimum absolute atomic E-state index is 0.0147. The van der Waals surface area contributed by atoms with Crippen LogP contribution in [-0.4, -0.2) is 53.9 Å². The zero-order valence-electron chi connectivity index (χ0n) is 15.9. The van der Waals surface area contributed by atoms with Crippen LogP contribution in [0.5, 0.6) is 0 Å². The number of hydrogen-bond acceptors (Lipinski definition) is 6. The monoisotopic (exact) mass is 413 g/mol. The first-order chi connectivity index (χ1) is 13.9. The van der Waals surface area contributed by atoms with Crippen molar-refractivity contribution in [2.24, 2.45) is 0 Å². The minimum atomic E-state index is -4.68. The van der Waals surface area contributed by atoms with E-state index in [0.29, 0.717) is 31.9 Å². The van der Waals surface area contributed by atoms with Crippen molar-refractivity contribution in [2.75, 3.05) is 26.9 Å². The molecule has 1 aliphatic rings. The quantitative estimate of drug-likeness (QED) is 0.661. The normalized spacial score (nSPS) is 16.9. The summed E-state index contributed by atoms with van der Waals surface area (Å²) >= 11 is 0. The van der Waals surface area contributed by atoms with Crippen LogP contribution in [0.15, 0.2) is 28.8 Å². The number of carbonyl (C=O) groups excluding carboxylic acids is 1. The number of nitrogens with zero attached hydrogens (tertiary/aromatic N) is 3. The Morgan fingerprint density at radius 1 is 1.31 bits per heavy atom. The Hall–Kier alpha value is -2.46. The summed E-state index contributed by atoms with van der Waals surface area (Å²) in [5.41, 5.74) is 1.22. The molecule has 2 heterocycles. The van der Waals surface area contributed by atoms with Gasteiger partial charge in [0.25, 0.3) is 0 Å². The third-order valence-electron chi connectivity index (χ3n) is 4.57. The summed E-state index contributed by atoms with van der Waals surface area (Å²) in [6.45, 7) is 1.88. The Balaban J connectivity index is 1.69. The van der Waals surface area contributed by atoms with Gasteiger partial charge in [-0.1, -0.05) is 29.4 Å². The summed E-state index contributed by atoms with van der Waals surface area (Å²) < 4.78 is 52.7. The molecule has 1 aliphatic heterocycles. The summed E-state index contributed by atoms with van der Waals surface area (Å²) in [7, 11) is 1.54. The van der Waals surface area contributed by atoms with Crippen LogP contribution in [0, 0.1) is 0 Å².